The monoisotopic (exact) mass is 264 g/mol. The number of ketones is 1. The van der Waals surface area contributed by atoms with E-state index in [1.54, 1.807) is 19.1 Å². The number of aromatic hydroxyl groups is 1. The molecule has 0 saturated heterocycles. The summed E-state index contributed by atoms with van der Waals surface area (Å²) in [5.41, 5.74) is 1.19. The van der Waals surface area contributed by atoms with Crippen LogP contribution in [0.1, 0.15) is 36.2 Å². The fraction of sp³-hybridized carbons (Fsp3) is 0.286. The molecule has 0 spiro atoms. The lowest BCUT2D eigenvalue weighted by Gasteiger charge is -2.03. The van der Waals surface area contributed by atoms with Crippen LogP contribution < -0.4 is 0 Å². The zero-order valence-corrected chi connectivity index (χ0v) is 11.3. The number of benzene rings is 1. The van der Waals surface area contributed by atoms with Crippen molar-refractivity contribution in [3.63, 3.8) is 0 Å². The van der Waals surface area contributed by atoms with Gasteiger partial charge in [0.2, 0.25) is 0 Å². The van der Waals surface area contributed by atoms with Crippen molar-refractivity contribution in [3.8, 4) is 5.75 Å². The topological polar surface area (TPSA) is 54.4 Å². The molecule has 0 aromatic heterocycles. The molecule has 0 aliphatic heterocycles. The quantitative estimate of drug-likeness (QED) is 0.829. The molecule has 96 valence electrons. The highest BCUT2D eigenvalue weighted by Crippen LogP contribution is 2.21. The van der Waals surface area contributed by atoms with Gasteiger partial charge in [0.05, 0.1) is 5.56 Å². The first-order valence-corrected chi connectivity index (χ1v) is 6.69. The van der Waals surface area contributed by atoms with Crippen LogP contribution >= 0.6 is 11.8 Å². The Morgan fingerprint density at radius 1 is 1.39 bits per heavy atom. The van der Waals surface area contributed by atoms with E-state index in [4.69, 9.17) is 0 Å². The van der Waals surface area contributed by atoms with Crippen LogP contribution in [0.4, 0.5) is 0 Å². The smallest absolute Gasteiger partial charge is 0.186 e. The molecule has 4 heteroatoms. The normalized spacial score (nSPS) is 10.8. The second-order valence-corrected chi connectivity index (χ2v) is 4.96. The lowest BCUT2D eigenvalue weighted by molar-refractivity contribution is -0.109. The van der Waals surface area contributed by atoms with Crippen molar-refractivity contribution in [2.24, 2.45) is 0 Å². The van der Waals surface area contributed by atoms with Crippen LogP contribution in [0.3, 0.4) is 0 Å². The Balaban J connectivity index is 2.79. The highest BCUT2D eigenvalue weighted by atomic mass is 32.2. The average Bonchev–Trinajstić information content (AvgIpc) is 2.35. The van der Waals surface area contributed by atoms with Crippen molar-refractivity contribution in [1.29, 1.82) is 0 Å². The molecule has 0 fully saturated rings. The molecule has 1 rings (SSSR count). The maximum atomic E-state index is 11.6. The van der Waals surface area contributed by atoms with Gasteiger partial charge in [-0.25, -0.2) is 0 Å². The first-order valence-electron chi connectivity index (χ1n) is 5.70. The predicted octanol–water partition coefficient (Wildman–Crippen LogP) is 3.28. The fourth-order valence-electron chi connectivity index (χ4n) is 1.42. The minimum atomic E-state index is -0.0825. The maximum Gasteiger partial charge on any atom is 0.186 e. The summed E-state index contributed by atoms with van der Waals surface area (Å²) in [6, 6.07) is 4.91. The first-order chi connectivity index (χ1) is 8.54. The van der Waals surface area contributed by atoms with E-state index in [9.17, 15) is 14.7 Å². The zero-order chi connectivity index (χ0) is 13.5. The number of phenols is 1. The van der Waals surface area contributed by atoms with Gasteiger partial charge in [-0.2, -0.15) is 0 Å². The second kappa shape index (κ2) is 7.01. The summed E-state index contributed by atoms with van der Waals surface area (Å²) in [6.07, 6.45) is 4.06. The Morgan fingerprint density at radius 3 is 2.72 bits per heavy atom. The molecule has 0 amide bonds. The lowest BCUT2D eigenvalue weighted by Crippen LogP contribution is -1.97. The SMILES string of the molecule is CCC(=O)c1cc(C=CCSC(C)=O)ccc1O. The number of carbonyl (C=O) groups is 2. The van der Waals surface area contributed by atoms with E-state index in [0.29, 0.717) is 17.7 Å². The van der Waals surface area contributed by atoms with E-state index in [2.05, 4.69) is 0 Å². The molecular formula is C14H16O3S. The van der Waals surface area contributed by atoms with E-state index in [0.717, 1.165) is 5.56 Å². The Bertz CT molecular complexity index is 478. The highest BCUT2D eigenvalue weighted by Gasteiger charge is 2.08. The molecule has 0 bridgehead atoms. The van der Waals surface area contributed by atoms with Gasteiger partial charge in [-0.1, -0.05) is 36.9 Å². The van der Waals surface area contributed by atoms with E-state index in [1.807, 2.05) is 12.2 Å². The van der Waals surface area contributed by atoms with Crippen LogP contribution in [-0.2, 0) is 4.79 Å². The third kappa shape index (κ3) is 4.37. The van der Waals surface area contributed by atoms with Crippen molar-refractivity contribution in [3.05, 3.63) is 35.4 Å². The Morgan fingerprint density at radius 2 is 2.11 bits per heavy atom. The van der Waals surface area contributed by atoms with Gasteiger partial charge in [0.25, 0.3) is 0 Å². The fourth-order valence-corrected chi connectivity index (χ4v) is 1.85. The van der Waals surface area contributed by atoms with E-state index >= 15 is 0 Å². The van der Waals surface area contributed by atoms with Gasteiger partial charge in [-0.05, 0) is 17.7 Å². The zero-order valence-electron chi connectivity index (χ0n) is 10.5. The molecule has 0 heterocycles. The summed E-state index contributed by atoms with van der Waals surface area (Å²) in [5, 5.41) is 9.66. The summed E-state index contributed by atoms with van der Waals surface area (Å²) in [6.45, 7) is 3.28. The molecule has 3 nitrogen and oxygen atoms in total. The summed E-state index contributed by atoms with van der Waals surface area (Å²) >= 11 is 1.23. The van der Waals surface area contributed by atoms with Crippen molar-refractivity contribution >= 4 is 28.7 Å². The first kappa shape index (κ1) is 14.5. The van der Waals surface area contributed by atoms with Crippen molar-refractivity contribution in [2.45, 2.75) is 20.3 Å². The molecule has 0 saturated carbocycles. The van der Waals surface area contributed by atoms with Gasteiger partial charge in [0, 0.05) is 19.1 Å². The summed E-state index contributed by atoms with van der Waals surface area (Å²) < 4.78 is 0. The number of phenolic OH excluding ortho intramolecular Hbond substituents is 1. The largest absolute Gasteiger partial charge is 0.507 e. The van der Waals surface area contributed by atoms with E-state index in [-0.39, 0.29) is 16.6 Å². The molecular weight excluding hydrogens is 248 g/mol. The molecule has 0 unspecified atom stereocenters. The number of hydrogen-bond donors (Lipinski definition) is 1. The predicted molar refractivity (Wildman–Crippen MR) is 74.9 cm³/mol. The van der Waals surface area contributed by atoms with Crippen molar-refractivity contribution < 1.29 is 14.7 Å². The number of thioether (sulfide) groups is 1. The molecule has 18 heavy (non-hydrogen) atoms. The number of rotatable bonds is 5. The van der Waals surface area contributed by atoms with Crippen LogP contribution in [0.15, 0.2) is 24.3 Å². The van der Waals surface area contributed by atoms with Crippen molar-refractivity contribution in [2.75, 3.05) is 5.75 Å². The van der Waals surface area contributed by atoms with Gasteiger partial charge in [-0.15, -0.1) is 0 Å². The van der Waals surface area contributed by atoms with Gasteiger partial charge >= 0.3 is 0 Å². The molecule has 0 radical (unpaired) electrons. The molecule has 0 aliphatic rings. The van der Waals surface area contributed by atoms with Crippen LogP contribution in [0, 0.1) is 0 Å². The van der Waals surface area contributed by atoms with Gasteiger partial charge < -0.3 is 5.11 Å². The van der Waals surface area contributed by atoms with Crippen LogP contribution in [0.25, 0.3) is 6.08 Å². The number of Topliss-reactive ketones (excluding diaryl/α,β-unsaturated/α-hetero) is 1. The van der Waals surface area contributed by atoms with E-state index < -0.39 is 0 Å². The Hall–Kier alpha value is -1.55. The molecule has 1 N–H and O–H groups in total. The lowest BCUT2D eigenvalue weighted by atomic mass is 10.0. The second-order valence-electron chi connectivity index (χ2n) is 3.76. The third-order valence-electron chi connectivity index (χ3n) is 2.34. The minimum Gasteiger partial charge on any atom is -0.507 e. The standard InChI is InChI=1S/C14H16O3S/c1-3-13(16)12-9-11(6-7-14(12)17)5-4-8-18-10(2)15/h4-7,9,17H,3,8H2,1-2H3. The maximum absolute atomic E-state index is 11.6. The van der Waals surface area contributed by atoms with Crippen LogP contribution in [-0.4, -0.2) is 21.8 Å². The number of hydrogen-bond acceptors (Lipinski definition) is 4. The Labute approximate surface area is 111 Å². The van der Waals surface area contributed by atoms with Crippen molar-refractivity contribution in [1.82, 2.24) is 0 Å². The molecule has 1 aromatic rings. The minimum absolute atomic E-state index is 0.0112. The highest BCUT2D eigenvalue weighted by molar-refractivity contribution is 8.13. The number of carbonyl (C=O) groups excluding carboxylic acids is 2. The summed E-state index contributed by atoms with van der Waals surface area (Å²) in [5.74, 6) is 0.533. The van der Waals surface area contributed by atoms with Gasteiger partial charge in [0.1, 0.15) is 5.75 Å². The summed E-state index contributed by atoms with van der Waals surface area (Å²) in [7, 11) is 0. The van der Waals surface area contributed by atoms with Crippen LogP contribution in [0.5, 0.6) is 5.75 Å². The molecule has 0 atom stereocenters. The van der Waals surface area contributed by atoms with E-state index in [1.165, 1.54) is 24.8 Å². The van der Waals surface area contributed by atoms with Gasteiger partial charge in [0.15, 0.2) is 10.9 Å². The molecule has 1 aromatic carbocycles. The Kier molecular flexibility index (Phi) is 5.65. The van der Waals surface area contributed by atoms with Crippen LogP contribution in [0.2, 0.25) is 0 Å². The summed E-state index contributed by atoms with van der Waals surface area (Å²) in [4.78, 5) is 22.3. The molecule has 0 aliphatic carbocycles. The third-order valence-corrected chi connectivity index (χ3v) is 3.10. The van der Waals surface area contributed by atoms with Gasteiger partial charge in [-0.3, -0.25) is 9.59 Å². The average molecular weight is 264 g/mol.